The highest BCUT2D eigenvalue weighted by atomic mass is 16.2. The number of carbonyl (C=O) groups is 1. The maximum atomic E-state index is 12.7. The molecule has 0 saturated heterocycles. The van der Waals surface area contributed by atoms with E-state index in [-0.39, 0.29) is 11.5 Å². The van der Waals surface area contributed by atoms with Crippen LogP contribution in [-0.2, 0) is 6.54 Å². The maximum Gasteiger partial charge on any atom is 0.268 e. The average Bonchev–Trinajstić information content (AvgIpc) is 2.51. The summed E-state index contributed by atoms with van der Waals surface area (Å²) in [5.41, 5.74) is 0.373. The molecule has 1 amide bonds. The van der Waals surface area contributed by atoms with Crippen LogP contribution in [0.2, 0.25) is 0 Å². The summed E-state index contributed by atoms with van der Waals surface area (Å²) in [6, 6.07) is 9.25. The van der Waals surface area contributed by atoms with E-state index in [1.807, 2.05) is 37.3 Å². The molecule has 0 fully saturated rings. The molecule has 1 aromatic carbocycles. The molecule has 22 heavy (non-hydrogen) atoms. The zero-order valence-corrected chi connectivity index (χ0v) is 13.6. The Bertz CT molecular complexity index is 717. The van der Waals surface area contributed by atoms with Crippen LogP contribution in [0.3, 0.4) is 0 Å². The summed E-state index contributed by atoms with van der Waals surface area (Å²) in [6.07, 6.45) is 1.74. The summed E-state index contributed by atoms with van der Waals surface area (Å²) in [6.45, 7) is 7.42. The minimum Gasteiger partial charge on any atom is -0.351 e. The van der Waals surface area contributed by atoms with Gasteiger partial charge in [-0.1, -0.05) is 39.0 Å². The summed E-state index contributed by atoms with van der Waals surface area (Å²) in [5.74, 6) is 0.304. The van der Waals surface area contributed by atoms with Crippen molar-refractivity contribution in [2.45, 2.75) is 40.2 Å². The number of hydrogen-bond acceptors (Lipinski definition) is 2. The normalized spacial score (nSPS) is 11.1. The average molecular weight is 300 g/mol. The summed E-state index contributed by atoms with van der Waals surface area (Å²) >= 11 is 0. The number of benzene rings is 1. The van der Waals surface area contributed by atoms with Crippen LogP contribution in [0.15, 0.2) is 35.1 Å². The highest BCUT2D eigenvalue weighted by Crippen LogP contribution is 2.13. The van der Waals surface area contributed by atoms with Gasteiger partial charge in [-0.2, -0.15) is 0 Å². The molecule has 1 N–H and O–H groups in total. The van der Waals surface area contributed by atoms with Crippen molar-refractivity contribution in [1.29, 1.82) is 0 Å². The van der Waals surface area contributed by atoms with Crippen LogP contribution >= 0.6 is 0 Å². The molecule has 2 rings (SSSR count). The number of hydrogen-bond donors (Lipinski definition) is 1. The Hall–Kier alpha value is -2.10. The lowest BCUT2D eigenvalue weighted by atomic mass is 10.1. The molecule has 0 spiro atoms. The van der Waals surface area contributed by atoms with Gasteiger partial charge in [0.15, 0.2) is 0 Å². The molecule has 4 nitrogen and oxygen atoms in total. The van der Waals surface area contributed by atoms with Crippen molar-refractivity contribution in [3.8, 4) is 0 Å². The topological polar surface area (TPSA) is 51.1 Å². The minimum absolute atomic E-state index is 0.0830. The Morgan fingerprint density at radius 1 is 1.27 bits per heavy atom. The molecule has 0 aliphatic heterocycles. The molecule has 0 aliphatic carbocycles. The van der Waals surface area contributed by atoms with Crippen LogP contribution in [0.25, 0.3) is 10.8 Å². The predicted molar refractivity (Wildman–Crippen MR) is 90.3 cm³/mol. The molecular formula is C18H24N2O2. The summed E-state index contributed by atoms with van der Waals surface area (Å²) in [4.78, 5) is 25.1. The van der Waals surface area contributed by atoms with Crippen molar-refractivity contribution in [2.24, 2.45) is 5.92 Å². The molecule has 1 heterocycles. The largest absolute Gasteiger partial charge is 0.351 e. The Labute approximate surface area is 131 Å². The van der Waals surface area contributed by atoms with Crippen LogP contribution in [0, 0.1) is 5.92 Å². The Kier molecular flexibility index (Phi) is 5.36. The molecule has 1 aromatic heterocycles. The van der Waals surface area contributed by atoms with Crippen LogP contribution < -0.4 is 10.9 Å². The van der Waals surface area contributed by atoms with E-state index in [4.69, 9.17) is 0 Å². The van der Waals surface area contributed by atoms with Gasteiger partial charge in [0, 0.05) is 18.5 Å². The Balaban J connectivity index is 2.52. The van der Waals surface area contributed by atoms with E-state index >= 15 is 0 Å². The molecule has 0 saturated carbocycles. The summed E-state index contributed by atoms with van der Waals surface area (Å²) < 4.78 is 1.62. The Morgan fingerprint density at radius 2 is 2.00 bits per heavy atom. The number of rotatable bonds is 6. The van der Waals surface area contributed by atoms with Gasteiger partial charge in [0.05, 0.1) is 0 Å². The van der Waals surface area contributed by atoms with Crippen molar-refractivity contribution in [1.82, 2.24) is 9.88 Å². The third-order valence-electron chi connectivity index (χ3n) is 3.72. The highest BCUT2D eigenvalue weighted by Gasteiger charge is 2.15. The van der Waals surface area contributed by atoms with Gasteiger partial charge < -0.3 is 9.88 Å². The maximum absolute atomic E-state index is 12.7. The molecule has 0 atom stereocenters. The number of pyridine rings is 1. The molecule has 0 radical (unpaired) electrons. The van der Waals surface area contributed by atoms with Crippen molar-refractivity contribution in [3.63, 3.8) is 0 Å². The third-order valence-corrected chi connectivity index (χ3v) is 3.72. The van der Waals surface area contributed by atoms with Gasteiger partial charge in [0.2, 0.25) is 0 Å². The zero-order valence-electron chi connectivity index (χ0n) is 13.6. The number of aromatic nitrogens is 1. The third kappa shape index (κ3) is 3.56. The van der Waals surface area contributed by atoms with Crippen molar-refractivity contribution >= 4 is 16.7 Å². The quantitative estimate of drug-likeness (QED) is 0.890. The van der Waals surface area contributed by atoms with E-state index in [2.05, 4.69) is 19.2 Å². The van der Waals surface area contributed by atoms with E-state index in [0.29, 0.717) is 30.1 Å². The Morgan fingerprint density at radius 3 is 2.68 bits per heavy atom. The number of nitrogens with one attached hydrogen (secondary N) is 1. The monoisotopic (exact) mass is 300 g/mol. The van der Waals surface area contributed by atoms with Crippen molar-refractivity contribution in [2.75, 3.05) is 6.54 Å². The van der Waals surface area contributed by atoms with E-state index in [1.165, 1.54) is 0 Å². The van der Waals surface area contributed by atoms with E-state index in [0.717, 1.165) is 18.2 Å². The van der Waals surface area contributed by atoms with Crippen LogP contribution in [-0.4, -0.2) is 17.0 Å². The van der Waals surface area contributed by atoms with Gasteiger partial charge in [-0.05, 0) is 36.3 Å². The fraction of sp³-hybridized carbons (Fsp3) is 0.444. The first-order chi connectivity index (χ1) is 10.5. The van der Waals surface area contributed by atoms with Crippen molar-refractivity contribution in [3.05, 3.63) is 46.4 Å². The highest BCUT2D eigenvalue weighted by molar-refractivity contribution is 5.96. The van der Waals surface area contributed by atoms with E-state index < -0.39 is 0 Å². The number of amides is 1. The summed E-state index contributed by atoms with van der Waals surface area (Å²) in [7, 11) is 0. The SMILES string of the molecule is CCCNC(=O)c1cc2ccccc2c(=O)n1CCC(C)C. The molecule has 0 aliphatic rings. The fourth-order valence-electron chi connectivity index (χ4n) is 2.42. The molecule has 118 valence electrons. The van der Waals surface area contributed by atoms with Gasteiger partial charge in [0.25, 0.3) is 11.5 Å². The van der Waals surface area contributed by atoms with E-state index in [9.17, 15) is 9.59 Å². The van der Waals surface area contributed by atoms with Crippen LogP contribution in [0.1, 0.15) is 44.1 Å². The fourth-order valence-corrected chi connectivity index (χ4v) is 2.42. The van der Waals surface area contributed by atoms with Gasteiger partial charge in [-0.25, -0.2) is 0 Å². The molecular weight excluding hydrogens is 276 g/mol. The summed E-state index contributed by atoms with van der Waals surface area (Å²) in [5, 5.41) is 4.35. The lowest BCUT2D eigenvalue weighted by molar-refractivity contribution is 0.0942. The number of nitrogens with zero attached hydrogens (tertiary/aromatic N) is 1. The van der Waals surface area contributed by atoms with Crippen LogP contribution in [0.4, 0.5) is 0 Å². The standard InChI is InChI=1S/C18H24N2O2/c1-4-10-19-17(21)16-12-14-7-5-6-8-15(14)18(22)20(16)11-9-13(2)3/h5-8,12-13H,4,9-11H2,1-3H3,(H,19,21). The van der Waals surface area contributed by atoms with Gasteiger partial charge in [0.1, 0.15) is 5.69 Å². The molecule has 0 unspecified atom stereocenters. The predicted octanol–water partition coefficient (Wildman–Crippen LogP) is 3.19. The van der Waals surface area contributed by atoms with E-state index in [1.54, 1.807) is 4.57 Å². The number of carbonyl (C=O) groups excluding carboxylic acids is 1. The lowest BCUT2D eigenvalue weighted by Crippen LogP contribution is -2.33. The smallest absolute Gasteiger partial charge is 0.268 e. The number of fused-ring (bicyclic) bond motifs is 1. The second-order valence-corrected chi connectivity index (χ2v) is 6.01. The van der Waals surface area contributed by atoms with Crippen molar-refractivity contribution < 1.29 is 4.79 Å². The van der Waals surface area contributed by atoms with Gasteiger partial charge >= 0.3 is 0 Å². The van der Waals surface area contributed by atoms with Gasteiger partial charge in [-0.15, -0.1) is 0 Å². The molecule has 2 aromatic rings. The second-order valence-electron chi connectivity index (χ2n) is 6.01. The molecule has 4 heteroatoms. The zero-order chi connectivity index (χ0) is 16.1. The second kappa shape index (κ2) is 7.25. The first kappa shape index (κ1) is 16.3. The molecule has 0 bridgehead atoms. The first-order valence-electron chi connectivity index (χ1n) is 7.95. The van der Waals surface area contributed by atoms with Crippen LogP contribution in [0.5, 0.6) is 0 Å². The lowest BCUT2D eigenvalue weighted by Gasteiger charge is -2.15. The first-order valence-corrected chi connectivity index (χ1v) is 7.95. The minimum atomic E-state index is -0.173. The van der Waals surface area contributed by atoms with Gasteiger partial charge in [-0.3, -0.25) is 9.59 Å².